The van der Waals surface area contributed by atoms with E-state index in [1.807, 2.05) is 42.5 Å². The summed E-state index contributed by atoms with van der Waals surface area (Å²) in [6.45, 7) is 2.60. The van der Waals surface area contributed by atoms with Gasteiger partial charge in [0, 0.05) is 37.6 Å². The number of pyridine rings is 1. The van der Waals surface area contributed by atoms with E-state index in [9.17, 15) is 9.59 Å². The highest BCUT2D eigenvalue weighted by Gasteiger charge is 2.11. The first-order chi connectivity index (χ1) is 14.0. The van der Waals surface area contributed by atoms with E-state index in [0.717, 1.165) is 16.8 Å². The molecule has 0 unspecified atom stereocenters. The summed E-state index contributed by atoms with van der Waals surface area (Å²) in [5.41, 5.74) is 9.22. The van der Waals surface area contributed by atoms with Crippen molar-refractivity contribution >= 4 is 29.0 Å². The molecule has 0 aliphatic carbocycles. The monoisotopic (exact) mass is 389 g/mol. The summed E-state index contributed by atoms with van der Waals surface area (Å²) in [6.07, 6.45) is 1.47. The zero-order valence-electron chi connectivity index (χ0n) is 16.1. The van der Waals surface area contributed by atoms with E-state index in [-0.39, 0.29) is 5.91 Å². The third-order valence-electron chi connectivity index (χ3n) is 4.20. The third-order valence-corrected chi connectivity index (χ3v) is 4.20. The van der Waals surface area contributed by atoms with Crippen molar-refractivity contribution < 1.29 is 9.59 Å². The number of nitrogens with one attached hydrogen (secondary N) is 3. The van der Waals surface area contributed by atoms with Gasteiger partial charge in [-0.05, 0) is 35.4 Å². The van der Waals surface area contributed by atoms with Crippen LogP contribution >= 0.6 is 0 Å². The number of rotatable bonds is 8. The molecular formula is C22H23N5O2. The van der Waals surface area contributed by atoms with E-state index in [1.165, 1.54) is 13.1 Å². The molecule has 5 N–H and O–H groups in total. The Morgan fingerprint density at radius 2 is 1.72 bits per heavy atom. The molecular weight excluding hydrogens is 366 g/mol. The van der Waals surface area contributed by atoms with E-state index in [1.54, 1.807) is 18.2 Å². The molecule has 0 atom stereocenters. The van der Waals surface area contributed by atoms with Crippen LogP contribution in [-0.2, 0) is 17.9 Å². The van der Waals surface area contributed by atoms with Gasteiger partial charge in [0.15, 0.2) is 0 Å². The summed E-state index contributed by atoms with van der Waals surface area (Å²) in [5, 5.41) is 9.25. The van der Waals surface area contributed by atoms with Gasteiger partial charge in [-0.15, -0.1) is 0 Å². The smallest absolute Gasteiger partial charge is 0.250 e. The van der Waals surface area contributed by atoms with Crippen LogP contribution in [0.5, 0.6) is 0 Å². The molecule has 29 heavy (non-hydrogen) atoms. The molecule has 0 radical (unpaired) electrons. The van der Waals surface area contributed by atoms with Gasteiger partial charge in [0.1, 0.15) is 5.82 Å². The molecule has 1 aromatic heterocycles. The Kier molecular flexibility index (Phi) is 6.55. The van der Waals surface area contributed by atoms with E-state index in [0.29, 0.717) is 30.2 Å². The first kappa shape index (κ1) is 20.0. The topological polar surface area (TPSA) is 109 Å². The molecule has 7 heteroatoms. The van der Waals surface area contributed by atoms with Crippen LogP contribution < -0.4 is 21.7 Å². The summed E-state index contributed by atoms with van der Waals surface area (Å²) in [7, 11) is 0. The summed E-state index contributed by atoms with van der Waals surface area (Å²) in [6, 6.07) is 19.1. The molecule has 0 saturated heterocycles. The highest BCUT2D eigenvalue weighted by molar-refractivity contribution is 5.94. The molecule has 1 heterocycles. The number of amides is 2. The first-order valence-electron chi connectivity index (χ1n) is 9.19. The van der Waals surface area contributed by atoms with E-state index < -0.39 is 5.91 Å². The summed E-state index contributed by atoms with van der Waals surface area (Å²) < 4.78 is 0. The average Bonchev–Trinajstić information content (AvgIpc) is 2.68. The van der Waals surface area contributed by atoms with Gasteiger partial charge in [0.2, 0.25) is 5.91 Å². The van der Waals surface area contributed by atoms with Gasteiger partial charge in [-0.25, -0.2) is 4.98 Å². The van der Waals surface area contributed by atoms with Gasteiger partial charge in [0.25, 0.3) is 5.91 Å². The minimum absolute atomic E-state index is 0.141. The molecule has 7 nitrogen and oxygen atoms in total. The predicted octanol–water partition coefficient (Wildman–Crippen LogP) is 3.17. The number of aromatic nitrogens is 1. The van der Waals surface area contributed by atoms with Crippen molar-refractivity contribution in [3.05, 3.63) is 83.6 Å². The number of benzene rings is 2. The fourth-order valence-electron chi connectivity index (χ4n) is 2.90. The lowest BCUT2D eigenvalue weighted by Gasteiger charge is -2.12. The standard InChI is InChI=1S/C22H23N5O2/c1-15(28)26-18-8-5-9-19(11-18)27-21-10-17(20(14-25-21)22(23)29)13-24-12-16-6-3-2-4-7-16/h2-11,14,24H,12-13H2,1H3,(H2,23,29)(H,25,27)(H,26,28). The molecule has 0 bridgehead atoms. The molecule has 2 aromatic carbocycles. The Morgan fingerprint density at radius 3 is 2.45 bits per heavy atom. The molecule has 3 aromatic rings. The normalized spacial score (nSPS) is 10.4. The van der Waals surface area contributed by atoms with Crippen molar-refractivity contribution in [2.24, 2.45) is 5.73 Å². The van der Waals surface area contributed by atoms with Crippen molar-refractivity contribution in [3.8, 4) is 0 Å². The number of hydrogen-bond acceptors (Lipinski definition) is 5. The molecule has 148 valence electrons. The number of primary amides is 1. The highest BCUT2D eigenvalue weighted by atomic mass is 16.1. The maximum Gasteiger partial charge on any atom is 0.250 e. The molecule has 0 aliphatic rings. The number of nitrogens with zero attached hydrogens (tertiary/aromatic N) is 1. The molecule has 0 saturated carbocycles. The van der Waals surface area contributed by atoms with Gasteiger partial charge in [0.05, 0.1) is 5.56 Å². The second kappa shape index (κ2) is 9.48. The Bertz CT molecular complexity index is 1010. The van der Waals surface area contributed by atoms with Gasteiger partial charge in [-0.2, -0.15) is 0 Å². The van der Waals surface area contributed by atoms with Gasteiger partial charge < -0.3 is 21.7 Å². The SMILES string of the molecule is CC(=O)Nc1cccc(Nc2cc(CNCc3ccccc3)c(C(N)=O)cn2)c1. The molecule has 3 rings (SSSR count). The predicted molar refractivity (Wildman–Crippen MR) is 114 cm³/mol. The van der Waals surface area contributed by atoms with Crippen molar-refractivity contribution in [2.45, 2.75) is 20.0 Å². The number of carbonyl (C=O) groups excluding carboxylic acids is 2. The number of nitrogens with two attached hydrogens (primary N) is 1. The number of carbonyl (C=O) groups is 2. The molecule has 2 amide bonds. The van der Waals surface area contributed by atoms with Crippen molar-refractivity contribution in [1.82, 2.24) is 10.3 Å². The third kappa shape index (κ3) is 5.88. The van der Waals surface area contributed by atoms with Gasteiger partial charge >= 0.3 is 0 Å². The van der Waals surface area contributed by atoms with E-state index >= 15 is 0 Å². The number of anilines is 3. The van der Waals surface area contributed by atoms with Crippen molar-refractivity contribution in [1.29, 1.82) is 0 Å². The van der Waals surface area contributed by atoms with Crippen LogP contribution in [0.15, 0.2) is 66.9 Å². The summed E-state index contributed by atoms with van der Waals surface area (Å²) >= 11 is 0. The second-order valence-corrected chi connectivity index (χ2v) is 6.57. The van der Waals surface area contributed by atoms with Crippen LogP contribution in [0.25, 0.3) is 0 Å². The first-order valence-corrected chi connectivity index (χ1v) is 9.19. The fourth-order valence-corrected chi connectivity index (χ4v) is 2.90. The van der Waals surface area contributed by atoms with Crippen LogP contribution in [0.3, 0.4) is 0 Å². The lowest BCUT2D eigenvalue weighted by molar-refractivity contribution is -0.114. The zero-order chi connectivity index (χ0) is 20.6. The summed E-state index contributed by atoms with van der Waals surface area (Å²) in [4.78, 5) is 27.3. The second-order valence-electron chi connectivity index (χ2n) is 6.57. The average molecular weight is 389 g/mol. The minimum Gasteiger partial charge on any atom is -0.366 e. The van der Waals surface area contributed by atoms with E-state index in [4.69, 9.17) is 5.73 Å². The largest absolute Gasteiger partial charge is 0.366 e. The molecule has 0 fully saturated rings. The van der Waals surface area contributed by atoms with Crippen LogP contribution in [-0.4, -0.2) is 16.8 Å². The Hall–Kier alpha value is -3.71. The molecule has 0 spiro atoms. The van der Waals surface area contributed by atoms with Crippen LogP contribution in [0, 0.1) is 0 Å². The van der Waals surface area contributed by atoms with Crippen molar-refractivity contribution in [2.75, 3.05) is 10.6 Å². The van der Waals surface area contributed by atoms with E-state index in [2.05, 4.69) is 20.9 Å². The molecule has 0 aliphatic heterocycles. The number of hydrogen-bond donors (Lipinski definition) is 4. The maximum atomic E-state index is 11.8. The lowest BCUT2D eigenvalue weighted by atomic mass is 10.1. The Morgan fingerprint density at radius 1 is 0.966 bits per heavy atom. The zero-order valence-corrected chi connectivity index (χ0v) is 16.1. The van der Waals surface area contributed by atoms with Crippen LogP contribution in [0.2, 0.25) is 0 Å². The van der Waals surface area contributed by atoms with Crippen LogP contribution in [0.4, 0.5) is 17.2 Å². The quantitative estimate of drug-likeness (QED) is 0.473. The summed E-state index contributed by atoms with van der Waals surface area (Å²) in [5.74, 6) is -0.0856. The fraction of sp³-hybridized carbons (Fsp3) is 0.136. The Balaban J connectivity index is 1.74. The van der Waals surface area contributed by atoms with Gasteiger partial charge in [-0.1, -0.05) is 36.4 Å². The van der Waals surface area contributed by atoms with Crippen molar-refractivity contribution in [3.63, 3.8) is 0 Å². The minimum atomic E-state index is -0.520. The maximum absolute atomic E-state index is 11.8. The van der Waals surface area contributed by atoms with Gasteiger partial charge in [-0.3, -0.25) is 9.59 Å². The Labute approximate surface area is 169 Å². The van der Waals surface area contributed by atoms with Crippen LogP contribution in [0.1, 0.15) is 28.4 Å². The lowest BCUT2D eigenvalue weighted by Crippen LogP contribution is -2.19. The highest BCUT2D eigenvalue weighted by Crippen LogP contribution is 2.21.